The fourth-order valence-electron chi connectivity index (χ4n) is 2.09. The van der Waals surface area contributed by atoms with Gasteiger partial charge in [0.05, 0.1) is 4.88 Å². The van der Waals surface area contributed by atoms with E-state index < -0.39 is 0 Å². The lowest BCUT2D eigenvalue weighted by Crippen LogP contribution is -2.13. The molecule has 2 aromatic heterocycles. The Morgan fingerprint density at radius 2 is 1.84 bits per heavy atom. The van der Waals surface area contributed by atoms with Crippen LogP contribution in [-0.4, -0.2) is 22.0 Å². The van der Waals surface area contributed by atoms with Crippen molar-refractivity contribution in [3.63, 3.8) is 0 Å². The van der Waals surface area contributed by atoms with Gasteiger partial charge in [-0.1, -0.05) is 24.3 Å². The summed E-state index contributed by atoms with van der Waals surface area (Å²) >= 11 is 2.76. The van der Waals surface area contributed by atoms with Gasteiger partial charge < -0.3 is 5.32 Å². The molecule has 8 heteroatoms. The maximum absolute atomic E-state index is 12.2. The third-order valence-corrected chi connectivity index (χ3v) is 5.07. The van der Waals surface area contributed by atoms with Crippen LogP contribution < -0.4 is 10.6 Å². The van der Waals surface area contributed by atoms with Crippen molar-refractivity contribution in [3.05, 3.63) is 57.2 Å². The standard InChI is InChI=1S/C17H16N4O2S2/c1-2-4-14-20-21-17(25-14)19-15(22)11-6-8-12(9-7-11)18-16(23)13-5-3-10-24-13/h3,5-10H,2,4H2,1H3,(H,18,23)(H,19,21,22). The van der Waals surface area contributed by atoms with Gasteiger partial charge in [-0.25, -0.2) is 0 Å². The van der Waals surface area contributed by atoms with Gasteiger partial charge in [0, 0.05) is 17.7 Å². The van der Waals surface area contributed by atoms with E-state index in [2.05, 4.69) is 27.8 Å². The highest BCUT2D eigenvalue weighted by Gasteiger charge is 2.11. The van der Waals surface area contributed by atoms with Crippen molar-refractivity contribution in [2.24, 2.45) is 0 Å². The first kappa shape index (κ1) is 17.2. The Hall–Kier alpha value is -2.58. The van der Waals surface area contributed by atoms with Crippen LogP contribution in [0.25, 0.3) is 0 Å². The molecule has 2 heterocycles. The van der Waals surface area contributed by atoms with Crippen molar-refractivity contribution < 1.29 is 9.59 Å². The molecule has 0 aliphatic rings. The number of nitrogens with one attached hydrogen (secondary N) is 2. The van der Waals surface area contributed by atoms with Gasteiger partial charge in [0.25, 0.3) is 11.8 Å². The van der Waals surface area contributed by atoms with E-state index in [1.807, 2.05) is 11.4 Å². The van der Waals surface area contributed by atoms with Crippen LogP contribution in [0.1, 0.15) is 38.4 Å². The lowest BCUT2D eigenvalue weighted by atomic mass is 10.2. The molecular weight excluding hydrogens is 356 g/mol. The van der Waals surface area contributed by atoms with E-state index >= 15 is 0 Å². The lowest BCUT2D eigenvalue weighted by molar-refractivity contribution is 0.102. The summed E-state index contributed by atoms with van der Waals surface area (Å²) in [7, 11) is 0. The van der Waals surface area contributed by atoms with E-state index in [1.54, 1.807) is 30.3 Å². The number of thiophene rings is 1. The van der Waals surface area contributed by atoms with Crippen LogP contribution in [0.15, 0.2) is 41.8 Å². The molecule has 0 unspecified atom stereocenters. The van der Waals surface area contributed by atoms with Crippen LogP contribution in [0.5, 0.6) is 0 Å². The molecule has 128 valence electrons. The molecule has 2 amide bonds. The minimum Gasteiger partial charge on any atom is -0.321 e. The third-order valence-electron chi connectivity index (χ3n) is 3.30. The number of carbonyl (C=O) groups is 2. The molecule has 0 fully saturated rings. The Balaban J connectivity index is 1.61. The van der Waals surface area contributed by atoms with Crippen molar-refractivity contribution in [2.45, 2.75) is 19.8 Å². The fourth-order valence-corrected chi connectivity index (χ4v) is 3.55. The molecule has 0 saturated heterocycles. The molecule has 0 saturated carbocycles. The van der Waals surface area contributed by atoms with Gasteiger partial charge in [0.2, 0.25) is 5.13 Å². The largest absolute Gasteiger partial charge is 0.321 e. The molecule has 25 heavy (non-hydrogen) atoms. The van der Waals surface area contributed by atoms with E-state index in [1.165, 1.54) is 22.7 Å². The van der Waals surface area contributed by atoms with E-state index in [0.717, 1.165) is 17.8 Å². The van der Waals surface area contributed by atoms with Gasteiger partial charge in [0.15, 0.2) is 0 Å². The highest BCUT2D eigenvalue weighted by Crippen LogP contribution is 2.18. The summed E-state index contributed by atoms with van der Waals surface area (Å²) in [6.07, 6.45) is 1.84. The van der Waals surface area contributed by atoms with E-state index in [0.29, 0.717) is 21.3 Å². The summed E-state index contributed by atoms with van der Waals surface area (Å²) in [5.74, 6) is -0.417. The topological polar surface area (TPSA) is 84.0 Å². The summed E-state index contributed by atoms with van der Waals surface area (Å²) in [5.41, 5.74) is 1.12. The Labute approximate surface area is 152 Å². The molecule has 1 aromatic carbocycles. The number of benzene rings is 1. The fraction of sp³-hybridized carbons (Fsp3) is 0.176. The average Bonchev–Trinajstić information content (AvgIpc) is 3.28. The Kier molecular flexibility index (Phi) is 5.52. The summed E-state index contributed by atoms with van der Waals surface area (Å²) in [6.45, 7) is 2.07. The first-order valence-electron chi connectivity index (χ1n) is 7.74. The van der Waals surface area contributed by atoms with Gasteiger partial charge in [-0.2, -0.15) is 0 Å². The van der Waals surface area contributed by atoms with Crippen LogP contribution in [-0.2, 0) is 6.42 Å². The normalized spacial score (nSPS) is 10.4. The maximum Gasteiger partial charge on any atom is 0.265 e. The van der Waals surface area contributed by atoms with Crippen molar-refractivity contribution in [1.82, 2.24) is 10.2 Å². The van der Waals surface area contributed by atoms with E-state index in [-0.39, 0.29) is 11.8 Å². The minimum absolute atomic E-state index is 0.162. The van der Waals surface area contributed by atoms with Gasteiger partial charge in [-0.3, -0.25) is 14.9 Å². The minimum atomic E-state index is -0.254. The van der Waals surface area contributed by atoms with Crippen LogP contribution in [0.2, 0.25) is 0 Å². The lowest BCUT2D eigenvalue weighted by Gasteiger charge is -2.05. The highest BCUT2D eigenvalue weighted by molar-refractivity contribution is 7.15. The van der Waals surface area contributed by atoms with Crippen molar-refractivity contribution in [1.29, 1.82) is 0 Å². The molecule has 6 nitrogen and oxygen atoms in total. The van der Waals surface area contributed by atoms with Crippen LogP contribution >= 0.6 is 22.7 Å². The predicted molar refractivity (Wildman–Crippen MR) is 101 cm³/mol. The van der Waals surface area contributed by atoms with Crippen molar-refractivity contribution in [3.8, 4) is 0 Å². The second kappa shape index (κ2) is 8.00. The summed E-state index contributed by atoms with van der Waals surface area (Å²) in [6, 6.07) is 10.3. The number of nitrogens with zero attached hydrogens (tertiary/aromatic N) is 2. The Morgan fingerprint density at radius 3 is 2.52 bits per heavy atom. The molecule has 3 aromatic rings. The van der Waals surface area contributed by atoms with Crippen LogP contribution in [0.4, 0.5) is 10.8 Å². The number of rotatable bonds is 6. The maximum atomic E-state index is 12.2. The van der Waals surface area contributed by atoms with Crippen molar-refractivity contribution >= 4 is 45.3 Å². The number of hydrogen-bond acceptors (Lipinski definition) is 6. The molecule has 0 spiro atoms. The van der Waals surface area contributed by atoms with Gasteiger partial charge in [0.1, 0.15) is 5.01 Å². The number of aryl methyl sites for hydroxylation is 1. The second-order valence-corrected chi connectivity index (χ2v) is 7.22. The number of anilines is 2. The molecule has 0 radical (unpaired) electrons. The molecule has 0 bridgehead atoms. The van der Waals surface area contributed by atoms with Crippen LogP contribution in [0, 0.1) is 0 Å². The second-order valence-electron chi connectivity index (χ2n) is 5.21. The quantitative estimate of drug-likeness (QED) is 0.683. The number of hydrogen-bond donors (Lipinski definition) is 2. The molecule has 2 N–H and O–H groups in total. The Morgan fingerprint density at radius 1 is 1.04 bits per heavy atom. The first-order chi connectivity index (χ1) is 12.2. The highest BCUT2D eigenvalue weighted by atomic mass is 32.1. The molecule has 0 aliphatic carbocycles. The van der Waals surface area contributed by atoms with Crippen LogP contribution in [0.3, 0.4) is 0 Å². The Bertz CT molecular complexity index is 857. The molecule has 0 atom stereocenters. The average molecular weight is 372 g/mol. The van der Waals surface area contributed by atoms with Gasteiger partial charge in [-0.05, 0) is 42.1 Å². The number of amides is 2. The predicted octanol–water partition coefficient (Wildman–Crippen LogP) is 4.06. The monoisotopic (exact) mass is 372 g/mol. The van der Waals surface area contributed by atoms with E-state index in [4.69, 9.17) is 0 Å². The van der Waals surface area contributed by atoms with Gasteiger partial charge in [-0.15, -0.1) is 21.5 Å². The third kappa shape index (κ3) is 4.49. The van der Waals surface area contributed by atoms with Crippen molar-refractivity contribution in [2.75, 3.05) is 10.6 Å². The van der Waals surface area contributed by atoms with Gasteiger partial charge >= 0.3 is 0 Å². The molecule has 0 aliphatic heterocycles. The summed E-state index contributed by atoms with van der Waals surface area (Å²) < 4.78 is 0. The molecule has 3 rings (SSSR count). The molecular formula is C17H16N4O2S2. The smallest absolute Gasteiger partial charge is 0.265 e. The number of carbonyl (C=O) groups excluding carboxylic acids is 2. The van der Waals surface area contributed by atoms with E-state index in [9.17, 15) is 9.59 Å². The summed E-state index contributed by atoms with van der Waals surface area (Å²) in [5, 5.41) is 16.8. The number of aromatic nitrogens is 2. The first-order valence-corrected chi connectivity index (χ1v) is 9.44. The zero-order valence-electron chi connectivity index (χ0n) is 13.5. The summed E-state index contributed by atoms with van der Waals surface area (Å²) in [4.78, 5) is 24.9. The SMILES string of the molecule is CCCc1nnc(NC(=O)c2ccc(NC(=O)c3cccs3)cc2)s1. The zero-order valence-corrected chi connectivity index (χ0v) is 15.1. The zero-order chi connectivity index (χ0) is 17.6.